The maximum atomic E-state index is 13.3. The SMILES string of the molecule is N#CC1CCC(CNC(=O)c2cc3ccccc3n(-c3cccc(C(F)(F)F)c3)c2=O)CC1. The van der Waals surface area contributed by atoms with Crippen molar-refractivity contribution in [1.82, 2.24) is 9.88 Å². The van der Waals surface area contributed by atoms with E-state index in [-0.39, 0.29) is 23.1 Å². The summed E-state index contributed by atoms with van der Waals surface area (Å²) in [6.07, 6.45) is -1.34. The van der Waals surface area contributed by atoms with Crippen LogP contribution in [0.3, 0.4) is 0 Å². The molecule has 33 heavy (non-hydrogen) atoms. The smallest absolute Gasteiger partial charge is 0.352 e. The third kappa shape index (κ3) is 4.77. The lowest BCUT2D eigenvalue weighted by Crippen LogP contribution is -2.36. The van der Waals surface area contributed by atoms with Crippen molar-refractivity contribution in [3.05, 3.63) is 76.1 Å². The molecule has 170 valence electrons. The van der Waals surface area contributed by atoms with E-state index in [0.29, 0.717) is 17.4 Å². The van der Waals surface area contributed by atoms with Crippen LogP contribution in [0.2, 0.25) is 0 Å². The van der Waals surface area contributed by atoms with Gasteiger partial charge in [0.1, 0.15) is 5.56 Å². The fraction of sp³-hybridized carbons (Fsp3) is 0.320. The van der Waals surface area contributed by atoms with Gasteiger partial charge in [-0.3, -0.25) is 14.2 Å². The van der Waals surface area contributed by atoms with Crippen LogP contribution in [0.15, 0.2) is 59.4 Å². The molecule has 3 aromatic rings. The molecule has 1 heterocycles. The molecule has 1 aliphatic rings. The summed E-state index contributed by atoms with van der Waals surface area (Å²) in [5.74, 6) is -0.282. The van der Waals surface area contributed by atoms with E-state index in [0.717, 1.165) is 42.4 Å². The lowest BCUT2D eigenvalue weighted by atomic mass is 9.83. The second-order valence-corrected chi connectivity index (χ2v) is 8.36. The maximum Gasteiger partial charge on any atom is 0.416 e. The van der Waals surface area contributed by atoms with Crippen molar-refractivity contribution >= 4 is 16.8 Å². The molecule has 0 atom stereocenters. The Morgan fingerprint density at radius 3 is 2.48 bits per heavy atom. The largest absolute Gasteiger partial charge is 0.416 e. The number of carbonyl (C=O) groups excluding carboxylic acids is 1. The van der Waals surface area contributed by atoms with E-state index in [4.69, 9.17) is 5.26 Å². The number of alkyl halides is 3. The molecule has 1 saturated carbocycles. The summed E-state index contributed by atoms with van der Waals surface area (Å²) >= 11 is 0. The molecule has 4 rings (SSSR count). The van der Waals surface area contributed by atoms with Crippen LogP contribution in [0, 0.1) is 23.2 Å². The number of hydrogen-bond donors (Lipinski definition) is 1. The number of pyridine rings is 1. The van der Waals surface area contributed by atoms with Gasteiger partial charge in [-0.25, -0.2) is 0 Å². The summed E-state index contributed by atoms with van der Waals surface area (Å²) < 4.78 is 40.9. The van der Waals surface area contributed by atoms with E-state index in [1.165, 1.54) is 18.2 Å². The highest BCUT2D eigenvalue weighted by Gasteiger charge is 2.31. The number of para-hydroxylation sites is 1. The molecule has 1 aromatic heterocycles. The van der Waals surface area contributed by atoms with Crippen LogP contribution in [0.4, 0.5) is 13.2 Å². The molecule has 1 amide bonds. The van der Waals surface area contributed by atoms with Gasteiger partial charge in [-0.15, -0.1) is 0 Å². The second kappa shape index (κ2) is 9.10. The monoisotopic (exact) mass is 453 g/mol. The van der Waals surface area contributed by atoms with Gasteiger partial charge in [-0.2, -0.15) is 18.4 Å². The Bertz CT molecular complexity index is 1280. The molecule has 2 aromatic carbocycles. The number of amides is 1. The maximum absolute atomic E-state index is 13.3. The van der Waals surface area contributed by atoms with Crippen molar-refractivity contribution in [2.24, 2.45) is 11.8 Å². The highest BCUT2D eigenvalue weighted by atomic mass is 19.4. The van der Waals surface area contributed by atoms with Crippen molar-refractivity contribution in [2.75, 3.05) is 6.54 Å². The van der Waals surface area contributed by atoms with E-state index in [2.05, 4.69) is 11.4 Å². The Balaban J connectivity index is 1.68. The molecule has 0 spiro atoms. The third-order valence-corrected chi connectivity index (χ3v) is 6.17. The first-order valence-corrected chi connectivity index (χ1v) is 10.8. The Kier molecular flexibility index (Phi) is 6.23. The summed E-state index contributed by atoms with van der Waals surface area (Å²) in [6, 6.07) is 15.0. The van der Waals surface area contributed by atoms with Crippen molar-refractivity contribution in [1.29, 1.82) is 5.26 Å². The molecule has 8 heteroatoms. The van der Waals surface area contributed by atoms with E-state index >= 15 is 0 Å². The van der Waals surface area contributed by atoms with Crippen molar-refractivity contribution in [3.63, 3.8) is 0 Å². The van der Waals surface area contributed by atoms with Crippen LogP contribution in [-0.2, 0) is 6.18 Å². The van der Waals surface area contributed by atoms with Crippen LogP contribution < -0.4 is 10.9 Å². The topological polar surface area (TPSA) is 74.9 Å². The van der Waals surface area contributed by atoms with Gasteiger partial charge in [-0.05, 0) is 67.3 Å². The normalized spacial score (nSPS) is 18.6. The van der Waals surface area contributed by atoms with Gasteiger partial charge in [0.25, 0.3) is 11.5 Å². The lowest BCUT2D eigenvalue weighted by Gasteiger charge is -2.24. The first-order valence-electron chi connectivity index (χ1n) is 10.8. The minimum atomic E-state index is -4.56. The van der Waals surface area contributed by atoms with Crippen LogP contribution in [-0.4, -0.2) is 17.0 Å². The minimum absolute atomic E-state index is 0.0375. The quantitative estimate of drug-likeness (QED) is 0.599. The van der Waals surface area contributed by atoms with Crippen LogP contribution >= 0.6 is 0 Å². The Labute approximate surface area is 188 Å². The molecule has 1 fully saturated rings. The second-order valence-electron chi connectivity index (χ2n) is 8.36. The Hall–Kier alpha value is -3.60. The number of carbonyl (C=O) groups is 1. The summed E-state index contributed by atoms with van der Waals surface area (Å²) in [5, 5.41) is 12.4. The fourth-order valence-corrected chi connectivity index (χ4v) is 4.33. The van der Waals surface area contributed by atoms with Crippen molar-refractivity contribution < 1.29 is 18.0 Å². The number of benzene rings is 2. The summed E-state index contributed by atoms with van der Waals surface area (Å²) in [7, 11) is 0. The molecule has 5 nitrogen and oxygen atoms in total. The number of rotatable bonds is 4. The average Bonchev–Trinajstić information content (AvgIpc) is 2.82. The van der Waals surface area contributed by atoms with Gasteiger partial charge in [0.15, 0.2) is 0 Å². The van der Waals surface area contributed by atoms with Crippen molar-refractivity contribution in [2.45, 2.75) is 31.9 Å². The summed E-state index contributed by atoms with van der Waals surface area (Å²) in [4.78, 5) is 26.2. The van der Waals surface area contributed by atoms with E-state index in [1.54, 1.807) is 24.3 Å². The van der Waals surface area contributed by atoms with Crippen molar-refractivity contribution in [3.8, 4) is 11.8 Å². The zero-order valence-corrected chi connectivity index (χ0v) is 17.7. The number of halogens is 3. The first-order chi connectivity index (χ1) is 15.8. The molecule has 0 radical (unpaired) electrons. The number of nitrogens with one attached hydrogen (secondary N) is 1. The number of nitrogens with zero attached hydrogens (tertiary/aromatic N) is 2. The number of fused-ring (bicyclic) bond motifs is 1. The average molecular weight is 453 g/mol. The summed E-state index contributed by atoms with van der Waals surface area (Å²) in [5.41, 5.74) is -1.24. The highest BCUT2D eigenvalue weighted by molar-refractivity contribution is 5.97. The molecule has 0 unspecified atom stereocenters. The van der Waals surface area contributed by atoms with Gasteiger partial charge in [0.05, 0.1) is 17.1 Å². The van der Waals surface area contributed by atoms with Gasteiger partial charge in [0, 0.05) is 18.2 Å². The van der Waals surface area contributed by atoms with Crippen LogP contribution in [0.25, 0.3) is 16.6 Å². The van der Waals surface area contributed by atoms with Gasteiger partial charge < -0.3 is 5.32 Å². The molecule has 1 N–H and O–H groups in total. The molecule has 1 aliphatic carbocycles. The fourth-order valence-electron chi connectivity index (χ4n) is 4.33. The molecular weight excluding hydrogens is 431 g/mol. The first kappa shape index (κ1) is 22.6. The zero-order chi connectivity index (χ0) is 23.6. The molecule has 0 aliphatic heterocycles. The zero-order valence-electron chi connectivity index (χ0n) is 17.7. The lowest BCUT2D eigenvalue weighted by molar-refractivity contribution is -0.137. The Morgan fingerprint density at radius 2 is 1.79 bits per heavy atom. The molecule has 0 bridgehead atoms. The van der Waals surface area contributed by atoms with Gasteiger partial charge >= 0.3 is 6.18 Å². The van der Waals surface area contributed by atoms with E-state index in [9.17, 15) is 22.8 Å². The molecular formula is C25H22F3N3O2. The highest BCUT2D eigenvalue weighted by Crippen LogP contribution is 2.31. The number of hydrogen-bond acceptors (Lipinski definition) is 3. The Morgan fingerprint density at radius 1 is 1.06 bits per heavy atom. The number of aromatic nitrogens is 1. The standard InChI is InChI=1S/C25H22F3N3O2/c26-25(27,28)19-5-3-6-20(13-19)31-22-7-2-1-4-18(22)12-21(24(31)33)23(32)30-15-17-10-8-16(14-29)9-11-17/h1-7,12-13,16-17H,8-11,15H2,(H,30,32). The van der Waals surface area contributed by atoms with Crippen LogP contribution in [0.5, 0.6) is 0 Å². The molecule has 0 saturated heterocycles. The predicted octanol–water partition coefficient (Wildman–Crippen LogP) is 5.07. The third-order valence-electron chi connectivity index (χ3n) is 6.17. The van der Waals surface area contributed by atoms with E-state index < -0.39 is 23.2 Å². The van der Waals surface area contributed by atoms with E-state index in [1.807, 2.05) is 0 Å². The summed E-state index contributed by atoms with van der Waals surface area (Å²) in [6.45, 7) is 0.382. The van der Waals surface area contributed by atoms with Gasteiger partial charge in [-0.1, -0.05) is 24.3 Å². The van der Waals surface area contributed by atoms with Gasteiger partial charge in [0.2, 0.25) is 0 Å². The predicted molar refractivity (Wildman–Crippen MR) is 118 cm³/mol. The van der Waals surface area contributed by atoms with Crippen LogP contribution in [0.1, 0.15) is 41.6 Å². The number of nitriles is 1. The minimum Gasteiger partial charge on any atom is -0.352 e.